The molecule has 3 rings (SSSR count). The zero-order valence-corrected chi connectivity index (χ0v) is 17.9. The van der Waals surface area contributed by atoms with E-state index in [0.717, 1.165) is 30.6 Å². The molecule has 0 aromatic heterocycles. The Morgan fingerprint density at radius 2 is 1.83 bits per heavy atom. The Hall–Kier alpha value is -2.82. The van der Waals surface area contributed by atoms with Crippen LogP contribution in [-0.4, -0.2) is 24.5 Å². The van der Waals surface area contributed by atoms with E-state index in [4.69, 9.17) is 4.74 Å². The molecule has 1 unspecified atom stereocenters. The van der Waals surface area contributed by atoms with Gasteiger partial charge >= 0.3 is 0 Å². The van der Waals surface area contributed by atoms with Crippen molar-refractivity contribution >= 4 is 17.5 Å². The van der Waals surface area contributed by atoms with Crippen molar-refractivity contribution in [2.45, 2.75) is 64.3 Å². The van der Waals surface area contributed by atoms with Crippen molar-refractivity contribution in [3.63, 3.8) is 0 Å². The number of ether oxygens (including phenoxy) is 1. The fourth-order valence-electron chi connectivity index (χ4n) is 3.83. The number of para-hydroxylation sites is 1. The first-order valence-electron chi connectivity index (χ1n) is 11.0. The minimum Gasteiger partial charge on any atom is -0.483 e. The van der Waals surface area contributed by atoms with Crippen LogP contribution in [0, 0.1) is 0 Å². The molecule has 0 spiro atoms. The number of hydrogen-bond acceptors (Lipinski definition) is 3. The van der Waals surface area contributed by atoms with Gasteiger partial charge < -0.3 is 15.4 Å². The molecule has 30 heavy (non-hydrogen) atoms. The summed E-state index contributed by atoms with van der Waals surface area (Å²) in [5.41, 5.74) is 2.26. The predicted molar refractivity (Wildman–Crippen MR) is 120 cm³/mol. The Morgan fingerprint density at radius 3 is 2.60 bits per heavy atom. The molecule has 0 radical (unpaired) electrons. The van der Waals surface area contributed by atoms with Crippen molar-refractivity contribution in [3.8, 4) is 5.75 Å². The second-order valence-corrected chi connectivity index (χ2v) is 8.07. The van der Waals surface area contributed by atoms with E-state index < -0.39 is 0 Å². The number of nitrogens with one attached hydrogen (secondary N) is 2. The zero-order valence-electron chi connectivity index (χ0n) is 17.9. The third-order valence-corrected chi connectivity index (χ3v) is 5.77. The maximum Gasteiger partial charge on any atom is 0.262 e. The Morgan fingerprint density at radius 1 is 1.07 bits per heavy atom. The van der Waals surface area contributed by atoms with Crippen molar-refractivity contribution in [2.24, 2.45) is 0 Å². The van der Waals surface area contributed by atoms with Gasteiger partial charge in [-0.05, 0) is 55.0 Å². The van der Waals surface area contributed by atoms with Gasteiger partial charge in [-0.25, -0.2) is 0 Å². The molecule has 5 heteroatoms. The van der Waals surface area contributed by atoms with E-state index in [-0.39, 0.29) is 24.5 Å². The molecule has 0 heterocycles. The number of carbonyl (C=O) groups excluding carboxylic acids is 2. The van der Waals surface area contributed by atoms with Gasteiger partial charge in [0, 0.05) is 17.3 Å². The second-order valence-electron chi connectivity index (χ2n) is 8.07. The van der Waals surface area contributed by atoms with Gasteiger partial charge in [0.05, 0.1) is 0 Å². The highest BCUT2D eigenvalue weighted by Gasteiger charge is 2.17. The normalized spacial score (nSPS) is 15.3. The number of amides is 2. The lowest BCUT2D eigenvalue weighted by atomic mass is 9.95. The first kappa shape index (κ1) is 21.9. The molecule has 1 saturated carbocycles. The van der Waals surface area contributed by atoms with Crippen LogP contribution >= 0.6 is 0 Å². The van der Waals surface area contributed by atoms with E-state index >= 15 is 0 Å². The van der Waals surface area contributed by atoms with E-state index in [1.807, 2.05) is 24.3 Å². The predicted octanol–water partition coefficient (Wildman–Crippen LogP) is 5.28. The molecular formula is C25H32N2O3. The Balaban J connectivity index is 1.56. The number of hydrogen-bond donors (Lipinski definition) is 2. The maximum absolute atomic E-state index is 12.5. The molecule has 2 N–H and O–H groups in total. The molecule has 1 atom stereocenters. The number of rotatable bonds is 8. The average molecular weight is 409 g/mol. The Labute approximate surface area is 179 Å². The number of anilines is 1. The van der Waals surface area contributed by atoms with E-state index in [9.17, 15) is 9.59 Å². The SMILES string of the molecule is CCC(C)c1ccccc1OCC(=O)Nc1cccc(C(=O)NC2CCCCC2)c1. The van der Waals surface area contributed by atoms with E-state index in [0.29, 0.717) is 17.2 Å². The van der Waals surface area contributed by atoms with Crippen LogP contribution in [0.3, 0.4) is 0 Å². The molecule has 5 nitrogen and oxygen atoms in total. The van der Waals surface area contributed by atoms with Gasteiger partial charge in [-0.3, -0.25) is 9.59 Å². The van der Waals surface area contributed by atoms with Crippen molar-refractivity contribution in [1.29, 1.82) is 0 Å². The summed E-state index contributed by atoms with van der Waals surface area (Å²) < 4.78 is 5.78. The molecule has 160 valence electrons. The standard InChI is InChI=1S/C25H32N2O3/c1-3-18(2)22-14-7-8-15-23(22)30-17-24(28)26-21-13-9-10-19(16-21)25(29)27-20-11-5-4-6-12-20/h7-10,13-16,18,20H,3-6,11-12,17H2,1-2H3,(H,26,28)(H,27,29). The van der Waals surface area contributed by atoms with Crippen molar-refractivity contribution in [1.82, 2.24) is 5.32 Å². The van der Waals surface area contributed by atoms with Crippen LogP contribution in [0.5, 0.6) is 5.75 Å². The smallest absolute Gasteiger partial charge is 0.262 e. The lowest BCUT2D eigenvalue weighted by Gasteiger charge is -2.22. The van der Waals surface area contributed by atoms with Gasteiger partial charge in [-0.1, -0.05) is 57.4 Å². The van der Waals surface area contributed by atoms with Crippen LogP contribution in [0.2, 0.25) is 0 Å². The summed E-state index contributed by atoms with van der Waals surface area (Å²) in [7, 11) is 0. The summed E-state index contributed by atoms with van der Waals surface area (Å²) in [6.07, 6.45) is 6.66. The maximum atomic E-state index is 12.5. The third kappa shape index (κ3) is 6.09. The van der Waals surface area contributed by atoms with E-state index in [2.05, 4.69) is 24.5 Å². The van der Waals surface area contributed by atoms with Crippen LogP contribution in [0.25, 0.3) is 0 Å². The van der Waals surface area contributed by atoms with Crippen LogP contribution < -0.4 is 15.4 Å². The summed E-state index contributed by atoms with van der Waals surface area (Å²) in [4.78, 5) is 24.9. The molecule has 0 aliphatic heterocycles. The lowest BCUT2D eigenvalue weighted by molar-refractivity contribution is -0.118. The largest absolute Gasteiger partial charge is 0.483 e. The summed E-state index contributed by atoms with van der Waals surface area (Å²) in [5, 5.41) is 5.94. The molecule has 1 fully saturated rings. The highest BCUT2D eigenvalue weighted by molar-refractivity contribution is 5.97. The van der Waals surface area contributed by atoms with Gasteiger partial charge in [0.15, 0.2) is 6.61 Å². The molecule has 2 aromatic carbocycles. The van der Waals surface area contributed by atoms with E-state index in [1.165, 1.54) is 19.3 Å². The van der Waals surface area contributed by atoms with Gasteiger partial charge in [-0.15, -0.1) is 0 Å². The van der Waals surface area contributed by atoms with Gasteiger partial charge in [0.1, 0.15) is 5.75 Å². The number of carbonyl (C=O) groups is 2. The zero-order chi connectivity index (χ0) is 21.3. The Kier molecular flexibility index (Phi) is 7.89. The van der Waals surface area contributed by atoms with Crippen LogP contribution in [-0.2, 0) is 4.79 Å². The van der Waals surface area contributed by atoms with Crippen molar-refractivity contribution in [3.05, 3.63) is 59.7 Å². The molecule has 0 saturated heterocycles. The van der Waals surface area contributed by atoms with Gasteiger partial charge in [0.2, 0.25) is 0 Å². The van der Waals surface area contributed by atoms with Gasteiger partial charge in [-0.2, -0.15) is 0 Å². The number of benzene rings is 2. The molecular weight excluding hydrogens is 376 g/mol. The molecule has 0 bridgehead atoms. The fraction of sp³-hybridized carbons (Fsp3) is 0.440. The summed E-state index contributed by atoms with van der Waals surface area (Å²) in [6.45, 7) is 4.20. The second kappa shape index (κ2) is 10.8. The van der Waals surface area contributed by atoms with E-state index in [1.54, 1.807) is 24.3 Å². The summed E-state index contributed by atoms with van der Waals surface area (Å²) in [5.74, 6) is 0.766. The first-order chi connectivity index (χ1) is 14.6. The summed E-state index contributed by atoms with van der Waals surface area (Å²) in [6, 6.07) is 15.1. The van der Waals surface area contributed by atoms with Crippen LogP contribution in [0.1, 0.15) is 74.2 Å². The minimum absolute atomic E-state index is 0.0774. The molecule has 2 aromatic rings. The summed E-state index contributed by atoms with van der Waals surface area (Å²) >= 11 is 0. The molecule has 2 amide bonds. The monoisotopic (exact) mass is 408 g/mol. The van der Waals surface area contributed by atoms with Crippen LogP contribution in [0.15, 0.2) is 48.5 Å². The third-order valence-electron chi connectivity index (χ3n) is 5.77. The topological polar surface area (TPSA) is 67.4 Å². The first-order valence-corrected chi connectivity index (χ1v) is 11.0. The van der Waals surface area contributed by atoms with Gasteiger partial charge in [0.25, 0.3) is 11.8 Å². The minimum atomic E-state index is -0.251. The van der Waals surface area contributed by atoms with Crippen LogP contribution in [0.4, 0.5) is 5.69 Å². The van der Waals surface area contributed by atoms with Crippen molar-refractivity contribution < 1.29 is 14.3 Å². The fourth-order valence-corrected chi connectivity index (χ4v) is 3.83. The molecule has 1 aliphatic rings. The molecule has 1 aliphatic carbocycles. The average Bonchev–Trinajstić information content (AvgIpc) is 2.78. The quantitative estimate of drug-likeness (QED) is 0.624. The Bertz CT molecular complexity index is 859. The highest BCUT2D eigenvalue weighted by atomic mass is 16.5. The van der Waals surface area contributed by atoms with Crippen molar-refractivity contribution in [2.75, 3.05) is 11.9 Å². The lowest BCUT2D eigenvalue weighted by Crippen LogP contribution is -2.36. The highest BCUT2D eigenvalue weighted by Crippen LogP contribution is 2.28.